The lowest BCUT2D eigenvalue weighted by molar-refractivity contribution is -0.125. The number of primary amides is 1. The van der Waals surface area contributed by atoms with Gasteiger partial charge in [-0.1, -0.05) is 18.2 Å². The highest BCUT2D eigenvalue weighted by Crippen LogP contribution is 2.22. The number of aromatic nitrogens is 1. The molecule has 5 heteroatoms. The summed E-state index contributed by atoms with van der Waals surface area (Å²) in [7, 11) is 0. The van der Waals surface area contributed by atoms with Crippen molar-refractivity contribution in [3.8, 4) is 0 Å². The summed E-state index contributed by atoms with van der Waals surface area (Å²) in [6, 6.07) is 7.41. The Morgan fingerprint density at radius 3 is 2.67 bits per heavy atom. The number of amides is 1. The molecule has 1 aromatic heterocycles. The predicted octanol–water partition coefficient (Wildman–Crippen LogP) is 1.51. The number of aryl methyl sites for hydroxylation is 1. The number of ether oxygens (including phenoxy) is 1. The van der Waals surface area contributed by atoms with Crippen LogP contribution in [0, 0.1) is 6.92 Å². The lowest BCUT2D eigenvalue weighted by atomic mass is 10.1. The van der Waals surface area contributed by atoms with E-state index in [-0.39, 0.29) is 0 Å². The number of para-hydroxylation sites is 1. The van der Waals surface area contributed by atoms with Gasteiger partial charge in [-0.05, 0) is 19.9 Å². The summed E-state index contributed by atoms with van der Waals surface area (Å²) < 4.78 is 5.01. The lowest BCUT2D eigenvalue weighted by Gasteiger charge is -2.09. The molecule has 1 aromatic carbocycles. The minimum atomic E-state index is -0.939. The van der Waals surface area contributed by atoms with Crippen molar-refractivity contribution in [3.63, 3.8) is 0 Å². The summed E-state index contributed by atoms with van der Waals surface area (Å²) >= 11 is 0. The molecule has 2 rings (SSSR count). The topological polar surface area (TPSA) is 85.2 Å². The molecule has 0 saturated carbocycles. The third-order valence-corrected chi connectivity index (χ3v) is 2.78. The van der Waals surface area contributed by atoms with E-state index in [1.165, 1.54) is 6.92 Å². The number of hydrogen-bond acceptors (Lipinski definition) is 3. The number of aromatic amines is 1. The van der Waals surface area contributed by atoms with E-state index >= 15 is 0 Å². The monoisotopic (exact) mass is 246 g/mol. The van der Waals surface area contributed by atoms with Crippen LogP contribution >= 0.6 is 0 Å². The molecule has 1 amide bonds. The highest BCUT2D eigenvalue weighted by atomic mass is 16.5. The van der Waals surface area contributed by atoms with Crippen LogP contribution in [0.4, 0.5) is 0 Å². The first kappa shape index (κ1) is 12.2. The number of carbonyl (C=O) groups is 2. The highest BCUT2D eigenvalue weighted by molar-refractivity contribution is 6.06. The Labute approximate surface area is 104 Å². The average Bonchev–Trinajstić information content (AvgIpc) is 2.64. The van der Waals surface area contributed by atoms with E-state index in [1.54, 1.807) is 6.92 Å². The van der Waals surface area contributed by atoms with E-state index in [4.69, 9.17) is 10.5 Å². The first-order valence-electron chi connectivity index (χ1n) is 5.58. The maximum absolute atomic E-state index is 12.0. The number of carbonyl (C=O) groups excluding carboxylic acids is 2. The fourth-order valence-corrected chi connectivity index (χ4v) is 1.82. The van der Waals surface area contributed by atoms with Gasteiger partial charge in [0, 0.05) is 16.6 Å². The second kappa shape index (κ2) is 4.52. The van der Waals surface area contributed by atoms with Gasteiger partial charge < -0.3 is 15.5 Å². The number of rotatable bonds is 3. The Morgan fingerprint density at radius 2 is 2.00 bits per heavy atom. The van der Waals surface area contributed by atoms with Crippen LogP contribution in [-0.2, 0) is 9.53 Å². The molecule has 2 aromatic rings. The first-order chi connectivity index (χ1) is 8.50. The van der Waals surface area contributed by atoms with Gasteiger partial charge >= 0.3 is 5.97 Å². The number of nitrogens with one attached hydrogen (secondary N) is 1. The minimum absolute atomic E-state index is 0.443. The molecule has 1 unspecified atom stereocenters. The molecule has 0 aliphatic heterocycles. The number of fused-ring (bicyclic) bond motifs is 1. The van der Waals surface area contributed by atoms with E-state index in [2.05, 4.69) is 4.98 Å². The van der Waals surface area contributed by atoms with Crippen molar-refractivity contribution in [1.82, 2.24) is 4.98 Å². The molecular weight excluding hydrogens is 232 g/mol. The van der Waals surface area contributed by atoms with Gasteiger partial charge in [-0.2, -0.15) is 0 Å². The molecule has 5 nitrogen and oxygen atoms in total. The van der Waals surface area contributed by atoms with Gasteiger partial charge in [-0.3, -0.25) is 4.79 Å². The molecule has 0 radical (unpaired) electrons. The number of benzene rings is 1. The standard InChI is InChI=1S/C13H14N2O3/c1-7-11(13(17)18-8(2)12(14)16)9-5-3-4-6-10(9)15-7/h3-6,8,15H,1-2H3,(H2,14,16). The van der Waals surface area contributed by atoms with Crippen molar-refractivity contribution < 1.29 is 14.3 Å². The van der Waals surface area contributed by atoms with Gasteiger partial charge in [-0.25, -0.2) is 4.79 Å². The van der Waals surface area contributed by atoms with Crippen molar-refractivity contribution in [2.45, 2.75) is 20.0 Å². The molecule has 0 aliphatic rings. The third-order valence-electron chi connectivity index (χ3n) is 2.78. The molecule has 1 heterocycles. The van der Waals surface area contributed by atoms with Crippen molar-refractivity contribution in [1.29, 1.82) is 0 Å². The first-order valence-corrected chi connectivity index (χ1v) is 5.58. The molecule has 18 heavy (non-hydrogen) atoms. The van der Waals surface area contributed by atoms with E-state index in [0.29, 0.717) is 11.3 Å². The van der Waals surface area contributed by atoms with Gasteiger partial charge in [-0.15, -0.1) is 0 Å². The highest BCUT2D eigenvalue weighted by Gasteiger charge is 2.21. The van der Waals surface area contributed by atoms with Crippen LogP contribution < -0.4 is 5.73 Å². The van der Waals surface area contributed by atoms with Crippen LogP contribution in [-0.4, -0.2) is 23.0 Å². The summed E-state index contributed by atoms with van der Waals surface area (Å²) in [4.78, 5) is 26.0. The van der Waals surface area contributed by atoms with Gasteiger partial charge in [0.2, 0.25) is 0 Å². The van der Waals surface area contributed by atoms with E-state index in [0.717, 1.165) is 10.9 Å². The van der Waals surface area contributed by atoms with Crippen LogP contribution in [0.5, 0.6) is 0 Å². The smallest absolute Gasteiger partial charge is 0.341 e. The number of H-pyrrole nitrogens is 1. The zero-order valence-corrected chi connectivity index (χ0v) is 10.2. The third kappa shape index (κ3) is 2.07. The van der Waals surface area contributed by atoms with Crippen molar-refractivity contribution in [2.24, 2.45) is 5.73 Å². The van der Waals surface area contributed by atoms with Crippen LogP contribution in [0.1, 0.15) is 23.0 Å². The Hall–Kier alpha value is -2.30. The van der Waals surface area contributed by atoms with Crippen LogP contribution in [0.15, 0.2) is 24.3 Å². The quantitative estimate of drug-likeness (QED) is 0.805. The van der Waals surface area contributed by atoms with Gasteiger partial charge in [0.25, 0.3) is 5.91 Å². The van der Waals surface area contributed by atoms with Crippen molar-refractivity contribution in [3.05, 3.63) is 35.5 Å². The average molecular weight is 246 g/mol. The Morgan fingerprint density at radius 1 is 1.33 bits per heavy atom. The molecule has 0 saturated heterocycles. The summed E-state index contributed by atoms with van der Waals surface area (Å²) in [5.74, 6) is -1.21. The maximum atomic E-state index is 12.0. The van der Waals surface area contributed by atoms with Crippen LogP contribution in [0.2, 0.25) is 0 Å². The lowest BCUT2D eigenvalue weighted by Crippen LogP contribution is -2.30. The van der Waals surface area contributed by atoms with Crippen LogP contribution in [0.3, 0.4) is 0 Å². The summed E-state index contributed by atoms with van der Waals surface area (Å²) in [6.07, 6.45) is -0.939. The molecule has 0 aliphatic carbocycles. The molecule has 0 spiro atoms. The number of nitrogens with two attached hydrogens (primary N) is 1. The zero-order valence-electron chi connectivity index (χ0n) is 10.2. The van der Waals surface area contributed by atoms with Gasteiger partial charge in [0.15, 0.2) is 6.10 Å². The predicted molar refractivity (Wildman–Crippen MR) is 67.1 cm³/mol. The fraction of sp³-hybridized carbons (Fsp3) is 0.231. The largest absolute Gasteiger partial charge is 0.449 e. The Bertz CT molecular complexity index is 616. The second-order valence-electron chi connectivity index (χ2n) is 4.12. The zero-order chi connectivity index (χ0) is 13.3. The summed E-state index contributed by atoms with van der Waals surface area (Å²) in [5.41, 5.74) is 7.07. The molecule has 94 valence electrons. The van der Waals surface area contributed by atoms with Crippen LogP contribution in [0.25, 0.3) is 10.9 Å². The SMILES string of the molecule is Cc1[nH]c2ccccc2c1C(=O)OC(C)C(N)=O. The molecule has 0 fully saturated rings. The molecule has 0 bridgehead atoms. The van der Waals surface area contributed by atoms with E-state index in [1.807, 2.05) is 24.3 Å². The maximum Gasteiger partial charge on any atom is 0.341 e. The number of hydrogen-bond donors (Lipinski definition) is 2. The molecule has 3 N–H and O–H groups in total. The molecule has 1 atom stereocenters. The Kier molecular flexibility index (Phi) is 3.06. The van der Waals surface area contributed by atoms with Gasteiger partial charge in [0.05, 0.1) is 5.56 Å². The second-order valence-corrected chi connectivity index (χ2v) is 4.12. The normalized spacial score (nSPS) is 12.3. The number of esters is 1. The van der Waals surface area contributed by atoms with E-state index < -0.39 is 18.0 Å². The summed E-state index contributed by atoms with van der Waals surface area (Å²) in [5, 5.41) is 0.775. The fourth-order valence-electron chi connectivity index (χ4n) is 1.82. The minimum Gasteiger partial charge on any atom is -0.449 e. The molecular formula is C13H14N2O3. The van der Waals surface area contributed by atoms with Gasteiger partial charge in [0.1, 0.15) is 0 Å². The van der Waals surface area contributed by atoms with Crippen molar-refractivity contribution >= 4 is 22.8 Å². The van der Waals surface area contributed by atoms with Crippen molar-refractivity contribution in [2.75, 3.05) is 0 Å². The summed E-state index contributed by atoms with van der Waals surface area (Å²) in [6.45, 7) is 3.23. The van der Waals surface area contributed by atoms with E-state index in [9.17, 15) is 9.59 Å². The Balaban J connectivity index is 2.39.